The smallest absolute Gasteiger partial charge is 0.189 e. The fourth-order valence-electron chi connectivity index (χ4n) is 1.90. The minimum Gasteiger partial charge on any atom is -0.613 e. The molecule has 0 aliphatic carbocycles. The number of halogens is 1. The summed E-state index contributed by atoms with van der Waals surface area (Å²) in [7, 11) is 1.56. The van der Waals surface area contributed by atoms with Crippen molar-refractivity contribution < 1.29 is 14.6 Å². The van der Waals surface area contributed by atoms with Crippen molar-refractivity contribution in [2.45, 2.75) is 13.5 Å². The highest BCUT2D eigenvalue weighted by Gasteiger charge is 2.13. The molecule has 0 saturated heterocycles. The summed E-state index contributed by atoms with van der Waals surface area (Å²) < 4.78 is 10.1. The molecule has 0 amide bonds. The molecule has 0 bridgehead atoms. The van der Waals surface area contributed by atoms with Gasteiger partial charge in [-0.05, 0) is 30.6 Å². The second-order valence-electron chi connectivity index (χ2n) is 4.60. The van der Waals surface area contributed by atoms with E-state index in [0.29, 0.717) is 28.3 Å². The van der Waals surface area contributed by atoms with Crippen molar-refractivity contribution in [2.24, 2.45) is 15.0 Å². The number of amidine groups is 2. The van der Waals surface area contributed by atoms with Gasteiger partial charge in [0.2, 0.25) is 0 Å². The number of hydrogen-bond acceptors (Lipinski definition) is 6. The largest absolute Gasteiger partial charge is 0.613 e. The maximum atomic E-state index is 12.0. The lowest BCUT2D eigenvalue weighted by Gasteiger charge is -2.18. The molecule has 0 radical (unpaired) electrons. The van der Waals surface area contributed by atoms with Crippen LogP contribution in [0.5, 0.6) is 5.75 Å². The third kappa shape index (κ3) is 4.52. The summed E-state index contributed by atoms with van der Waals surface area (Å²) in [5.74, 6) is 0.413. The number of nitrogens with zero attached hydrogens (tertiary/aromatic N) is 3. The van der Waals surface area contributed by atoms with E-state index in [9.17, 15) is 5.11 Å². The summed E-state index contributed by atoms with van der Waals surface area (Å²) in [6.07, 6.45) is 3.29. The molecule has 0 N–H and O–H groups in total. The molecule has 24 heavy (non-hydrogen) atoms. The van der Waals surface area contributed by atoms with E-state index in [1.165, 1.54) is 18.0 Å². The van der Waals surface area contributed by atoms with Crippen LogP contribution in [-0.4, -0.2) is 37.2 Å². The van der Waals surface area contributed by atoms with Crippen molar-refractivity contribution in [1.82, 2.24) is 0 Å². The van der Waals surface area contributed by atoms with E-state index >= 15 is 0 Å². The zero-order valence-electron chi connectivity index (χ0n) is 13.6. The second-order valence-corrected chi connectivity index (χ2v) is 5.78. The maximum absolute atomic E-state index is 12.0. The first kappa shape index (κ1) is 18.4. The summed E-state index contributed by atoms with van der Waals surface area (Å²) in [5, 5.41) is 13.0. The molecule has 1 aromatic rings. The number of benzene rings is 1. The van der Waals surface area contributed by atoms with Crippen LogP contribution in [0.1, 0.15) is 12.5 Å². The van der Waals surface area contributed by atoms with Crippen LogP contribution in [0.2, 0.25) is 5.02 Å². The summed E-state index contributed by atoms with van der Waals surface area (Å²) in [6, 6.07) is 5.40. The van der Waals surface area contributed by atoms with Gasteiger partial charge in [0.25, 0.3) is 0 Å². The van der Waals surface area contributed by atoms with E-state index < -0.39 is 5.95 Å². The van der Waals surface area contributed by atoms with Crippen LogP contribution in [0, 0.1) is 0 Å². The Labute approximate surface area is 150 Å². The van der Waals surface area contributed by atoms with E-state index in [-0.39, 0.29) is 12.2 Å². The summed E-state index contributed by atoms with van der Waals surface area (Å²) in [5.41, 5.74) is 1.12. The standard InChI is InChI=1S/C16H18ClN3O3S/c1-4-23-15(21)11-9-19-16(24-3)20-14(11)18-8-10-5-6-13(22-2)12(17)7-10/h5-7,9,21H,4,8H2,1-3H3/p-1. The van der Waals surface area contributed by atoms with Crippen LogP contribution in [0.3, 0.4) is 0 Å². The molecule has 1 heterocycles. The molecular formula is C16H17ClN3O3S-. The van der Waals surface area contributed by atoms with Crippen molar-refractivity contribution >= 4 is 40.6 Å². The average molecular weight is 367 g/mol. The van der Waals surface area contributed by atoms with Crippen molar-refractivity contribution in [3.63, 3.8) is 0 Å². The molecule has 0 fully saturated rings. The third-order valence-corrected chi connectivity index (χ3v) is 3.91. The number of methoxy groups -OCH3 is 1. The molecule has 0 spiro atoms. The van der Waals surface area contributed by atoms with E-state index in [0.717, 1.165) is 5.56 Å². The maximum Gasteiger partial charge on any atom is 0.189 e. The predicted octanol–water partition coefficient (Wildman–Crippen LogP) is 2.66. The lowest BCUT2D eigenvalue weighted by atomic mass is 10.2. The molecule has 0 aromatic heterocycles. The molecule has 1 aliphatic rings. The van der Waals surface area contributed by atoms with E-state index in [4.69, 9.17) is 21.1 Å². The first-order chi connectivity index (χ1) is 11.6. The molecule has 0 saturated carbocycles. The Morgan fingerprint density at radius 2 is 2.21 bits per heavy atom. The first-order valence-electron chi connectivity index (χ1n) is 7.17. The number of aliphatic imine (C=N–C) groups is 3. The summed E-state index contributed by atoms with van der Waals surface area (Å²) in [4.78, 5) is 12.8. The number of hydrogen-bond donors (Lipinski definition) is 0. The fraction of sp³-hybridized carbons (Fsp3) is 0.312. The minimum atomic E-state index is -0.489. The van der Waals surface area contributed by atoms with Crippen LogP contribution in [0.4, 0.5) is 0 Å². The van der Waals surface area contributed by atoms with Crippen LogP contribution < -0.4 is 9.84 Å². The summed E-state index contributed by atoms with van der Waals surface area (Å²) >= 11 is 7.49. The van der Waals surface area contributed by atoms with Gasteiger partial charge in [0.1, 0.15) is 5.75 Å². The normalized spacial score (nSPS) is 17.7. The highest BCUT2D eigenvalue weighted by molar-refractivity contribution is 8.13. The van der Waals surface area contributed by atoms with Crippen molar-refractivity contribution in [3.05, 3.63) is 40.3 Å². The fourth-order valence-corrected chi connectivity index (χ4v) is 2.52. The predicted molar refractivity (Wildman–Crippen MR) is 97.2 cm³/mol. The van der Waals surface area contributed by atoms with E-state index in [2.05, 4.69) is 15.0 Å². The molecule has 0 unspecified atom stereocenters. The second kappa shape index (κ2) is 8.75. The Hall–Kier alpha value is -1.99. The SMILES string of the molecule is CCOC([O-])=C1C=NC(SC)=NC1=NCc1ccc(OC)c(Cl)c1. The third-order valence-electron chi connectivity index (χ3n) is 3.05. The Bertz CT molecular complexity index is 729. The van der Waals surface area contributed by atoms with Gasteiger partial charge in [0.15, 0.2) is 11.0 Å². The minimum absolute atomic E-state index is 0.245. The quantitative estimate of drug-likeness (QED) is 0.750. The van der Waals surface area contributed by atoms with Gasteiger partial charge >= 0.3 is 0 Å². The Kier molecular flexibility index (Phi) is 6.69. The molecule has 128 valence electrons. The molecule has 2 rings (SSSR count). The van der Waals surface area contributed by atoms with Crippen LogP contribution >= 0.6 is 23.4 Å². The van der Waals surface area contributed by atoms with Crippen molar-refractivity contribution in [2.75, 3.05) is 20.0 Å². The van der Waals surface area contributed by atoms with Crippen LogP contribution in [0.15, 0.2) is 44.7 Å². The van der Waals surface area contributed by atoms with E-state index in [1.807, 2.05) is 12.3 Å². The van der Waals surface area contributed by atoms with Gasteiger partial charge in [-0.25, -0.2) is 9.98 Å². The van der Waals surface area contributed by atoms with Gasteiger partial charge < -0.3 is 14.6 Å². The molecule has 1 aromatic carbocycles. The van der Waals surface area contributed by atoms with Gasteiger partial charge in [-0.3, -0.25) is 4.99 Å². The first-order valence-corrected chi connectivity index (χ1v) is 8.77. The van der Waals surface area contributed by atoms with Crippen LogP contribution in [0.25, 0.3) is 0 Å². The Balaban J connectivity index is 2.29. The Morgan fingerprint density at radius 3 is 2.83 bits per heavy atom. The van der Waals surface area contributed by atoms with Gasteiger partial charge in [0, 0.05) is 6.21 Å². The van der Waals surface area contributed by atoms with Gasteiger partial charge in [0.05, 0.1) is 30.2 Å². The lowest BCUT2D eigenvalue weighted by molar-refractivity contribution is -0.357. The van der Waals surface area contributed by atoms with Crippen molar-refractivity contribution in [3.8, 4) is 5.75 Å². The number of ether oxygens (including phenoxy) is 2. The number of thioether (sulfide) groups is 1. The Morgan fingerprint density at radius 1 is 1.42 bits per heavy atom. The highest BCUT2D eigenvalue weighted by atomic mass is 35.5. The topological polar surface area (TPSA) is 78.6 Å². The van der Waals surface area contributed by atoms with Gasteiger partial charge in [-0.1, -0.05) is 36.4 Å². The molecule has 1 aliphatic heterocycles. The zero-order valence-corrected chi connectivity index (χ0v) is 15.1. The lowest BCUT2D eigenvalue weighted by Crippen LogP contribution is -2.20. The summed E-state index contributed by atoms with van der Waals surface area (Å²) in [6.45, 7) is 2.34. The zero-order chi connectivity index (χ0) is 17.5. The average Bonchev–Trinajstić information content (AvgIpc) is 2.60. The van der Waals surface area contributed by atoms with Crippen molar-refractivity contribution in [1.29, 1.82) is 0 Å². The molecular weight excluding hydrogens is 350 g/mol. The molecule has 8 heteroatoms. The van der Waals surface area contributed by atoms with E-state index in [1.54, 1.807) is 26.2 Å². The molecule has 0 atom stereocenters. The monoisotopic (exact) mass is 366 g/mol. The van der Waals surface area contributed by atoms with Crippen LogP contribution in [-0.2, 0) is 11.3 Å². The van der Waals surface area contributed by atoms with Gasteiger partial charge in [-0.15, -0.1) is 0 Å². The molecule has 6 nitrogen and oxygen atoms in total. The highest BCUT2D eigenvalue weighted by Crippen LogP contribution is 2.25. The van der Waals surface area contributed by atoms with Gasteiger partial charge in [-0.2, -0.15) is 0 Å². The number of rotatable bonds is 5.